The van der Waals surface area contributed by atoms with Crippen molar-refractivity contribution in [3.63, 3.8) is 0 Å². The van der Waals surface area contributed by atoms with E-state index in [9.17, 15) is 0 Å². The van der Waals surface area contributed by atoms with Gasteiger partial charge in [-0.1, -0.05) is 24.1 Å². The van der Waals surface area contributed by atoms with Gasteiger partial charge in [-0.15, -0.1) is 0 Å². The van der Waals surface area contributed by atoms with E-state index in [1.165, 1.54) is 29.7 Å². The Hall–Kier alpha value is -0.470. The minimum Gasteiger partial charge on any atom is -0.241 e. The van der Waals surface area contributed by atoms with Crippen LogP contribution in [0.1, 0.15) is 38.7 Å². The molecule has 1 fully saturated rings. The third-order valence-corrected chi connectivity index (χ3v) is 4.76. The molecule has 2 heteroatoms. The Morgan fingerprint density at radius 3 is 2.19 bits per heavy atom. The van der Waals surface area contributed by atoms with E-state index in [1.807, 2.05) is 11.9 Å². The zero-order chi connectivity index (χ0) is 11.5. The summed E-state index contributed by atoms with van der Waals surface area (Å²) in [4.78, 5) is 1.37. The predicted molar refractivity (Wildman–Crippen MR) is 71.7 cm³/mol. The quantitative estimate of drug-likeness (QED) is 0.704. The van der Waals surface area contributed by atoms with Gasteiger partial charge < -0.3 is 0 Å². The summed E-state index contributed by atoms with van der Waals surface area (Å²) in [6.45, 7) is 6.83. The second kappa shape index (κ2) is 5.24. The van der Waals surface area contributed by atoms with Crippen LogP contribution in [0, 0.1) is 6.92 Å². The normalized spacial score (nSPS) is 26.9. The van der Waals surface area contributed by atoms with Crippen molar-refractivity contribution in [3.8, 4) is 0 Å². The fraction of sp³-hybridized carbons (Fsp3) is 0.571. The van der Waals surface area contributed by atoms with Crippen LogP contribution in [0.15, 0.2) is 29.2 Å². The molecule has 0 N–H and O–H groups in total. The van der Waals surface area contributed by atoms with Gasteiger partial charge in [-0.3, -0.25) is 0 Å². The molecule has 0 aromatic heterocycles. The Labute approximate surface area is 103 Å². The minimum absolute atomic E-state index is 0.704. The van der Waals surface area contributed by atoms with Gasteiger partial charge in [0.1, 0.15) is 0 Å². The molecule has 1 aromatic rings. The summed E-state index contributed by atoms with van der Waals surface area (Å²) in [6.07, 6.45) is 4.06. The summed E-state index contributed by atoms with van der Waals surface area (Å²) in [5.74, 6) is 0. The monoisotopic (exact) mass is 235 g/mol. The first-order valence-electron chi connectivity index (χ1n) is 6.20. The molecule has 0 saturated carbocycles. The van der Waals surface area contributed by atoms with Crippen molar-refractivity contribution in [2.75, 3.05) is 0 Å². The summed E-state index contributed by atoms with van der Waals surface area (Å²) in [6, 6.07) is 10.3. The highest BCUT2D eigenvalue weighted by Crippen LogP contribution is 2.33. The molecule has 1 aliphatic rings. The average Bonchev–Trinajstić information content (AvgIpc) is 2.26. The van der Waals surface area contributed by atoms with E-state index < -0.39 is 0 Å². The third-order valence-electron chi connectivity index (χ3n) is 3.34. The van der Waals surface area contributed by atoms with Crippen molar-refractivity contribution >= 4 is 11.9 Å². The highest BCUT2D eigenvalue weighted by molar-refractivity contribution is 7.97. The second-order valence-corrected chi connectivity index (χ2v) is 5.97. The molecule has 0 aliphatic carbocycles. The maximum atomic E-state index is 2.56. The van der Waals surface area contributed by atoms with Crippen molar-refractivity contribution in [1.82, 2.24) is 4.31 Å². The lowest BCUT2D eigenvalue weighted by Crippen LogP contribution is -2.38. The zero-order valence-corrected chi connectivity index (χ0v) is 11.3. The molecule has 2 atom stereocenters. The first kappa shape index (κ1) is 12.0. The topological polar surface area (TPSA) is 3.24 Å². The van der Waals surface area contributed by atoms with E-state index in [0.29, 0.717) is 12.1 Å². The average molecular weight is 235 g/mol. The number of benzene rings is 1. The van der Waals surface area contributed by atoms with Gasteiger partial charge in [0.05, 0.1) is 0 Å². The Morgan fingerprint density at radius 2 is 1.62 bits per heavy atom. The van der Waals surface area contributed by atoms with Crippen LogP contribution >= 0.6 is 11.9 Å². The molecule has 0 bridgehead atoms. The Bertz CT molecular complexity index is 323. The van der Waals surface area contributed by atoms with Crippen molar-refractivity contribution < 1.29 is 0 Å². The highest BCUT2D eigenvalue weighted by Gasteiger charge is 2.25. The molecule has 0 radical (unpaired) electrons. The van der Waals surface area contributed by atoms with Gasteiger partial charge in [-0.2, -0.15) is 0 Å². The van der Waals surface area contributed by atoms with Crippen LogP contribution in [0.25, 0.3) is 0 Å². The molecule has 1 aliphatic heterocycles. The first-order chi connectivity index (χ1) is 7.66. The Morgan fingerprint density at radius 1 is 1.06 bits per heavy atom. The van der Waals surface area contributed by atoms with Crippen LogP contribution < -0.4 is 0 Å². The smallest absolute Gasteiger partial charge is 0.0230 e. The van der Waals surface area contributed by atoms with Crippen LogP contribution in [-0.2, 0) is 0 Å². The van der Waals surface area contributed by atoms with E-state index in [4.69, 9.17) is 0 Å². The number of rotatable bonds is 2. The molecule has 1 heterocycles. The molecule has 0 spiro atoms. The second-order valence-electron chi connectivity index (χ2n) is 4.89. The van der Waals surface area contributed by atoms with Crippen molar-refractivity contribution in [2.24, 2.45) is 0 Å². The number of nitrogens with zero attached hydrogens (tertiary/aromatic N) is 1. The minimum atomic E-state index is 0.704. The summed E-state index contributed by atoms with van der Waals surface area (Å²) >= 11 is 1.92. The maximum absolute atomic E-state index is 2.56. The standard InChI is InChI=1S/C14H21NS/c1-11-7-9-14(10-8-11)16-15-12(2)5-4-6-13(15)3/h7-10,12-13H,4-6H2,1-3H3/t12-,13+. The molecule has 88 valence electrons. The van der Waals surface area contributed by atoms with E-state index in [0.717, 1.165) is 0 Å². The maximum Gasteiger partial charge on any atom is 0.0230 e. The molecular weight excluding hydrogens is 214 g/mol. The fourth-order valence-corrected chi connectivity index (χ4v) is 3.37. The van der Waals surface area contributed by atoms with Gasteiger partial charge >= 0.3 is 0 Å². The Balaban J connectivity index is 2.04. The third kappa shape index (κ3) is 2.80. The van der Waals surface area contributed by atoms with Crippen LogP contribution in [0.5, 0.6) is 0 Å². The van der Waals surface area contributed by atoms with Gasteiger partial charge in [0, 0.05) is 17.0 Å². The van der Waals surface area contributed by atoms with E-state index in [1.54, 1.807) is 0 Å². The van der Waals surface area contributed by atoms with Gasteiger partial charge in [0.2, 0.25) is 0 Å². The van der Waals surface area contributed by atoms with Gasteiger partial charge in [-0.05, 0) is 57.7 Å². The van der Waals surface area contributed by atoms with E-state index >= 15 is 0 Å². The molecule has 2 rings (SSSR count). The van der Waals surface area contributed by atoms with E-state index in [-0.39, 0.29) is 0 Å². The van der Waals surface area contributed by atoms with Crippen LogP contribution in [0.3, 0.4) is 0 Å². The molecular formula is C14H21NS. The van der Waals surface area contributed by atoms with Crippen LogP contribution in [0.4, 0.5) is 0 Å². The SMILES string of the molecule is Cc1ccc(SN2[C@H](C)CCC[C@@H]2C)cc1. The van der Waals surface area contributed by atoms with Crippen molar-refractivity contribution in [1.29, 1.82) is 0 Å². The lowest BCUT2D eigenvalue weighted by Gasteiger charge is -2.37. The summed E-state index contributed by atoms with van der Waals surface area (Å²) in [7, 11) is 0. The first-order valence-corrected chi connectivity index (χ1v) is 6.97. The van der Waals surface area contributed by atoms with Gasteiger partial charge in [-0.25, -0.2) is 4.31 Å². The highest BCUT2D eigenvalue weighted by atomic mass is 32.2. The fourth-order valence-electron chi connectivity index (χ4n) is 2.30. The largest absolute Gasteiger partial charge is 0.241 e. The molecule has 16 heavy (non-hydrogen) atoms. The van der Waals surface area contributed by atoms with Gasteiger partial charge in [0.25, 0.3) is 0 Å². The van der Waals surface area contributed by atoms with Gasteiger partial charge in [0.15, 0.2) is 0 Å². The molecule has 0 unspecified atom stereocenters. The number of hydrogen-bond acceptors (Lipinski definition) is 2. The molecule has 0 amide bonds. The number of hydrogen-bond donors (Lipinski definition) is 0. The molecule has 1 nitrogen and oxygen atoms in total. The Kier molecular flexibility index (Phi) is 3.93. The zero-order valence-electron chi connectivity index (χ0n) is 10.4. The summed E-state index contributed by atoms with van der Waals surface area (Å²) < 4.78 is 2.56. The summed E-state index contributed by atoms with van der Waals surface area (Å²) in [5.41, 5.74) is 1.34. The number of piperidine rings is 1. The van der Waals surface area contributed by atoms with Crippen LogP contribution in [0.2, 0.25) is 0 Å². The predicted octanol–water partition coefficient (Wildman–Crippen LogP) is 4.27. The molecule has 1 aromatic carbocycles. The van der Waals surface area contributed by atoms with E-state index in [2.05, 4.69) is 49.3 Å². The lowest BCUT2D eigenvalue weighted by atomic mass is 10.0. The van der Waals surface area contributed by atoms with Crippen molar-refractivity contribution in [3.05, 3.63) is 29.8 Å². The molecule has 1 saturated heterocycles. The lowest BCUT2D eigenvalue weighted by molar-refractivity contribution is 0.223. The summed E-state index contributed by atoms with van der Waals surface area (Å²) in [5, 5.41) is 0. The van der Waals surface area contributed by atoms with Crippen LogP contribution in [-0.4, -0.2) is 16.4 Å². The van der Waals surface area contributed by atoms with Crippen molar-refractivity contribution in [2.45, 2.75) is 57.0 Å². The number of aryl methyl sites for hydroxylation is 1.